The maximum Gasteiger partial charge on any atom is 0.294 e. The molecule has 0 aliphatic carbocycles. The first kappa shape index (κ1) is 20.4. The van der Waals surface area contributed by atoms with Crippen LogP contribution in [0.15, 0.2) is 53.8 Å². The van der Waals surface area contributed by atoms with Crippen molar-refractivity contribution < 1.29 is 19.1 Å². The smallest absolute Gasteiger partial charge is 0.294 e. The van der Waals surface area contributed by atoms with Crippen LogP contribution in [0.5, 0.6) is 0 Å². The van der Waals surface area contributed by atoms with Crippen molar-refractivity contribution in [2.24, 2.45) is 5.92 Å². The van der Waals surface area contributed by atoms with Crippen LogP contribution >= 0.6 is 23.2 Å². The van der Waals surface area contributed by atoms with E-state index in [4.69, 9.17) is 23.2 Å². The Hall–Kier alpha value is -2.37. The van der Waals surface area contributed by atoms with Gasteiger partial charge in [0.25, 0.3) is 5.91 Å². The van der Waals surface area contributed by atoms with Gasteiger partial charge in [0.2, 0.25) is 0 Å². The van der Waals surface area contributed by atoms with Gasteiger partial charge >= 0.3 is 0 Å². The molecule has 28 heavy (non-hydrogen) atoms. The third-order valence-electron chi connectivity index (χ3n) is 4.43. The first-order valence-corrected chi connectivity index (χ1v) is 9.46. The van der Waals surface area contributed by atoms with Crippen LogP contribution in [0.2, 0.25) is 10.0 Å². The highest BCUT2D eigenvalue weighted by Gasteiger charge is 2.45. The number of Topliss-reactive ketones (excluding diaryl/α,β-unsaturated/α-hetero) is 1. The average Bonchev–Trinajstić information content (AvgIpc) is 2.85. The van der Waals surface area contributed by atoms with Crippen molar-refractivity contribution in [2.75, 3.05) is 4.90 Å². The zero-order valence-corrected chi connectivity index (χ0v) is 16.8. The minimum Gasteiger partial charge on any atom is -0.503 e. The quantitative estimate of drug-likeness (QED) is 0.678. The lowest BCUT2D eigenvalue weighted by Gasteiger charge is -2.27. The number of aliphatic hydroxyl groups excluding tert-OH is 1. The van der Waals surface area contributed by atoms with Gasteiger partial charge in [-0.05, 0) is 30.2 Å². The topological polar surface area (TPSA) is 57.6 Å². The molecule has 4 nitrogen and oxygen atoms in total. The van der Waals surface area contributed by atoms with Gasteiger partial charge in [-0.1, -0.05) is 55.2 Å². The maximum atomic E-state index is 14.6. The highest BCUT2D eigenvalue weighted by molar-refractivity contribution is 6.35. The van der Waals surface area contributed by atoms with Gasteiger partial charge in [-0.15, -0.1) is 0 Å². The molecule has 0 saturated heterocycles. The van der Waals surface area contributed by atoms with Gasteiger partial charge in [-0.2, -0.15) is 0 Å². The molecule has 0 radical (unpaired) electrons. The number of anilines is 1. The van der Waals surface area contributed by atoms with E-state index in [0.29, 0.717) is 0 Å². The van der Waals surface area contributed by atoms with E-state index in [1.165, 1.54) is 36.4 Å². The molecule has 3 rings (SSSR count). The number of carbonyl (C=O) groups is 2. The summed E-state index contributed by atoms with van der Waals surface area (Å²) in [6.45, 7) is 3.69. The minimum absolute atomic E-state index is 0.00108. The summed E-state index contributed by atoms with van der Waals surface area (Å²) in [4.78, 5) is 26.9. The fourth-order valence-corrected chi connectivity index (χ4v) is 3.82. The molecule has 1 N–H and O–H groups in total. The van der Waals surface area contributed by atoms with Crippen LogP contribution in [0.3, 0.4) is 0 Å². The van der Waals surface area contributed by atoms with Crippen LogP contribution in [-0.2, 0) is 9.59 Å². The standard InChI is InChI=1S/C21H18Cl2FNO3/c1-11(2)7-17(26)18-19(15-5-3-4-6-16(15)24)25(21(28)20(18)27)14-9-12(22)8-13(23)10-14/h3-6,8-11,19,27H,7H2,1-2H3. The Balaban J connectivity index is 2.21. The van der Waals surface area contributed by atoms with E-state index in [9.17, 15) is 19.1 Å². The Bertz CT molecular complexity index is 967. The second-order valence-corrected chi connectivity index (χ2v) is 7.88. The van der Waals surface area contributed by atoms with E-state index in [1.54, 1.807) is 6.07 Å². The molecular weight excluding hydrogens is 404 g/mol. The van der Waals surface area contributed by atoms with Gasteiger partial charge in [0.05, 0.1) is 11.6 Å². The Morgan fingerprint density at radius 1 is 1.18 bits per heavy atom. The van der Waals surface area contributed by atoms with E-state index < -0.39 is 29.3 Å². The van der Waals surface area contributed by atoms with Crippen LogP contribution in [0.25, 0.3) is 0 Å². The van der Waals surface area contributed by atoms with E-state index in [0.717, 1.165) is 4.90 Å². The zero-order chi connectivity index (χ0) is 20.6. The number of nitrogens with zero attached hydrogens (tertiary/aromatic N) is 1. The number of ketones is 1. The zero-order valence-electron chi connectivity index (χ0n) is 15.2. The van der Waals surface area contributed by atoms with Crippen molar-refractivity contribution in [3.8, 4) is 0 Å². The van der Waals surface area contributed by atoms with Crippen molar-refractivity contribution in [2.45, 2.75) is 26.3 Å². The van der Waals surface area contributed by atoms with Gasteiger partial charge in [0.15, 0.2) is 11.5 Å². The van der Waals surface area contributed by atoms with Crippen molar-refractivity contribution in [3.63, 3.8) is 0 Å². The normalized spacial score (nSPS) is 17.0. The number of aliphatic hydroxyl groups is 1. The molecule has 1 aliphatic heterocycles. The molecule has 2 aromatic carbocycles. The second-order valence-electron chi connectivity index (χ2n) is 7.01. The maximum absolute atomic E-state index is 14.6. The molecule has 1 unspecified atom stereocenters. The molecule has 0 saturated carbocycles. The minimum atomic E-state index is -1.12. The largest absolute Gasteiger partial charge is 0.503 e. The lowest BCUT2D eigenvalue weighted by Crippen LogP contribution is -2.31. The van der Waals surface area contributed by atoms with Crippen LogP contribution in [-0.4, -0.2) is 16.8 Å². The van der Waals surface area contributed by atoms with E-state index >= 15 is 0 Å². The van der Waals surface area contributed by atoms with Crippen molar-refractivity contribution in [1.29, 1.82) is 0 Å². The molecular formula is C21H18Cl2FNO3. The third-order valence-corrected chi connectivity index (χ3v) is 4.86. The van der Waals surface area contributed by atoms with Gasteiger partial charge in [0, 0.05) is 27.7 Å². The number of hydrogen-bond acceptors (Lipinski definition) is 3. The molecule has 7 heteroatoms. The third kappa shape index (κ3) is 3.77. The fourth-order valence-electron chi connectivity index (χ4n) is 3.31. The Labute approximate surface area is 172 Å². The van der Waals surface area contributed by atoms with Crippen molar-refractivity contribution >= 4 is 40.6 Å². The second kappa shape index (κ2) is 7.94. The lowest BCUT2D eigenvalue weighted by atomic mass is 9.91. The number of hydrogen-bond donors (Lipinski definition) is 1. The molecule has 1 atom stereocenters. The van der Waals surface area contributed by atoms with Crippen molar-refractivity contribution in [1.82, 2.24) is 0 Å². The molecule has 0 spiro atoms. The number of halogens is 3. The lowest BCUT2D eigenvalue weighted by molar-refractivity contribution is -0.118. The summed E-state index contributed by atoms with van der Waals surface area (Å²) in [7, 11) is 0. The van der Waals surface area contributed by atoms with E-state index in [-0.39, 0.29) is 39.2 Å². The van der Waals surface area contributed by atoms with Gasteiger partial charge in [-0.3, -0.25) is 14.5 Å². The summed E-state index contributed by atoms with van der Waals surface area (Å²) >= 11 is 12.1. The molecule has 0 fully saturated rings. The number of benzene rings is 2. The van der Waals surface area contributed by atoms with Crippen LogP contribution in [0.1, 0.15) is 31.9 Å². The average molecular weight is 422 g/mol. The van der Waals surface area contributed by atoms with Gasteiger partial charge < -0.3 is 5.11 Å². The Morgan fingerprint density at radius 2 is 1.79 bits per heavy atom. The number of amides is 1. The summed E-state index contributed by atoms with van der Waals surface area (Å²) in [6, 6.07) is 9.15. The van der Waals surface area contributed by atoms with Crippen LogP contribution in [0.4, 0.5) is 10.1 Å². The van der Waals surface area contributed by atoms with Crippen LogP contribution in [0, 0.1) is 11.7 Å². The van der Waals surface area contributed by atoms with Gasteiger partial charge in [-0.25, -0.2) is 4.39 Å². The van der Waals surface area contributed by atoms with Crippen LogP contribution < -0.4 is 4.90 Å². The van der Waals surface area contributed by atoms with E-state index in [2.05, 4.69) is 0 Å². The fraction of sp³-hybridized carbons (Fsp3) is 0.238. The highest BCUT2D eigenvalue weighted by atomic mass is 35.5. The SMILES string of the molecule is CC(C)CC(=O)C1=C(O)C(=O)N(c2cc(Cl)cc(Cl)c2)C1c1ccccc1F. The monoisotopic (exact) mass is 421 g/mol. The molecule has 0 bridgehead atoms. The Morgan fingerprint density at radius 3 is 2.36 bits per heavy atom. The molecule has 2 aromatic rings. The summed E-state index contributed by atoms with van der Waals surface area (Å²) in [5, 5.41) is 11.0. The summed E-state index contributed by atoms with van der Waals surface area (Å²) in [5.74, 6) is -2.50. The predicted octanol–water partition coefficient (Wildman–Crippen LogP) is 5.65. The number of rotatable bonds is 5. The first-order chi connectivity index (χ1) is 13.2. The summed E-state index contributed by atoms with van der Waals surface area (Å²) in [6.07, 6.45) is 0.113. The van der Waals surface area contributed by atoms with Gasteiger partial charge in [0.1, 0.15) is 5.82 Å². The molecule has 1 amide bonds. The highest BCUT2D eigenvalue weighted by Crippen LogP contribution is 2.43. The molecule has 146 valence electrons. The Kier molecular flexibility index (Phi) is 5.77. The molecule has 0 aromatic heterocycles. The summed E-state index contributed by atoms with van der Waals surface area (Å²) in [5.41, 5.74) is 0.234. The predicted molar refractivity (Wildman–Crippen MR) is 107 cm³/mol. The number of carbonyl (C=O) groups excluding carboxylic acids is 2. The first-order valence-electron chi connectivity index (χ1n) is 8.71. The molecule has 1 aliphatic rings. The van der Waals surface area contributed by atoms with Crippen molar-refractivity contribution in [3.05, 3.63) is 75.2 Å². The van der Waals surface area contributed by atoms with E-state index in [1.807, 2.05) is 13.8 Å². The molecule has 1 heterocycles. The summed E-state index contributed by atoms with van der Waals surface area (Å²) < 4.78 is 14.6.